The molecule has 0 bridgehead atoms. The number of aryl methyl sites for hydroxylation is 1. The maximum absolute atomic E-state index is 13.0. The van der Waals surface area contributed by atoms with E-state index in [9.17, 15) is 9.59 Å². The van der Waals surface area contributed by atoms with Crippen molar-refractivity contribution in [1.82, 2.24) is 10.2 Å². The fourth-order valence-electron chi connectivity index (χ4n) is 3.71. The summed E-state index contributed by atoms with van der Waals surface area (Å²) in [5.41, 5.74) is 2.77. The number of nitrogens with zero attached hydrogens (tertiary/aromatic N) is 1. The quantitative estimate of drug-likeness (QED) is 0.731. The summed E-state index contributed by atoms with van der Waals surface area (Å²) >= 11 is 0. The summed E-state index contributed by atoms with van der Waals surface area (Å²) in [5.74, 6) is 0.283. The maximum atomic E-state index is 13.0. The van der Waals surface area contributed by atoms with Crippen molar-refractivity contribution in [3.05, 3.63) is 65.2 Å². The summed E-state index contributed by atoms with van der Waals surface area (Å²) in [4.78, 5) is 27.6. The highest BCUT2D eigenvalue weighted by atomic mass is 16.5. The van der Waals surface area contributed by atoms with Gasteiger partial charge in [-0.2, -0.15) is 0 Å². The van der Waals surface area contributed by atoms with Crippen molar-refractivity contribution in [3.63, 3.8) is 0 Å². The standard InChI is InChI=1S/C23H28N2O4/c1-16-4-6-18(7-5-16)23(27)25-14-20(17-8-10-19(29-3)11-9-17)21(15-25)22(26)24-12-13-28-2/h4-11,20-21H,12-15H2,1-3H3,(H,24,26). The van der Waals surface area contributed by atoms with Crippen molar-refractivity contribution < 1.29 is 19.1 Å². The molecule has 0 aromatic heterocycles. The monoisotopic (exact) mass is 396 g/mol. The number of hydrogen-bond acceptors (Lipinski definition) is 4. The summed E-state index contributed by atoms with van der Waals surface area (Å²) in [6, 6.07) is 15.3. The van der Waals surface area contributed by atoms with Crippen molar-refractivity contribution in [2.75, 3.05) is 40.5 Å². The lowest BCUT2D eigenvalue weighted by atomic mass is 9.88. The van der Waals surface area contributed by atoms with Gasteiger partial charge in [0, 0.05) is 38.2 Å². The van der Waals surface area contributed by atoms with Crippen LogP contribution in [0.25, 0.3) is 0 Å². The molecule has 2 unspecified atom stereocenters. The SMILES string of the molecule is COCCNC(=O)C1CN(C(=O)c2ccc(C)cc2)CC1c1ccc(OC)cc1. The number of nitrogens with one attached hydrogen (secondary N) is 1. The van der Waals surface area contributed by atoms with Gasteiger partial charge in [0.05, 0.1) is 19.6 Å². The van der Waals surface area contributed by atoms with E-state index in [1.54, 1.807) is 19.1 Å². The molecule has 0 saturated carbocycles. The highest BCUT2D eigenvalue weighted by molar-refractivity contribution is 5.95. The molecule has 2 atom stereocenters. The van der Waals surface area contributed by atoms with E-state index in [1.807, 2.05) is 55.5 Å². The Balaban J connectivity index is 1.81. The van der Waals surface area contributed by atoms with Crippen LogP contribution in [0.15, 0.2) is 48.5 Å². The second-order valence-corrected chi connectivity index (χ2v) is 7.35. The molecule has 6 nitrogen and oxygen atoms in total. The minimum absolute atomic E-state index is 0.0456. The lowest BCUT2D eigenvalue weighted by Gasteiger charge is -2.18. The van der Waals surface area contributed by atoms with Crippen molar-refractivity contribution in [2.45, 2.75) is 12.8 Å². The average molecular weight is 396 g/mol. The molecule has 1 aliphatic heterocycles. The molecule has 0 aliphatic carbocycles. The first-order chi connectivity index (χ1) is 14.0. The van der Waals surface area contributed by atoms with Gasteiger partial charge in [-0.3, -0.25) is 9.59 Å². The first-order valence-electron chi connectivity index (χ1n) is 9.80. The number of amides is 2. The number of carbonyl (C=O) groups is 2. The Morgan fingerprint density at radius 1 is 1.03 bits per heavy atom. The lowest BCUT2D eigenvalue weighted by Crippen LogP contribution is -2.37. The van der Waals surface area contributed by atoms with Crippen LogP contribution in [0.3, 0.4) is 0 Å². The number of hydrogen-bond donors (Lipinski definition) is 1. The van der Waals surface area contributed by atoms with Gasteiger partial charge in [0.1, 0.15) is 5.75 Å². The van der Waals surface area contributed by atoms with Crippen LogP contribution in [0, 0.1) is 12.8 Å². The van der Waals surface area contributed by atoms with Crippen LogP contribution in [0.2, 0.25) is 0 Å². The third kappa shape index (κ3) is 4.95. The second-order valence-electron chi connectivity index (χ2n) is 7.35. The van der Waals surface area contributed by atoms with Crippen molar-refractivity contribution in [3.8, 4) is 5.75 Å². The van der Waals surface area contributed by atoms with E-state index in [2.05, 4.69) is 5.32 Å². The Morgan fingerprint density at radius 3 is 2.34 bits per heavy atom. The summed E-state index contributed by atoms with van der Waals surface area (Å²) < 4.78 is 10.3. The Labute approximate surface area is 171 Å². The molecule has 1 aliphatic rings. The number of ether oxygens (including phenoxy) is 2. The van der Waals surface area contributed by atoms with Crippen molar-refractivity contribution in [2.24, 2.45) is 5.92 Å². The second kappa shape index (κ2) is 9.56. The average Bonchev–Trinajstić information content (AvgIpc) is 3.19. The van der Waals surface area contributed by atoms with Crippen LogP contribution >= 0.6 is 0 Å². The largest absolute Gasteiger partial charge is 0.497 e. The molecular formula is C23H28N2O4. The molecule has 1 N–H and O–H groups in total. The predicted octanol–water partition coefficient (Wildman–Crippen LogP) is 2.62. The lowest BCUT2D eigenvalue weighted by molar-refractivity contribution is -0.125. The fourth-order valence-corrected chi connectivity index (χ4v) is 3.71. The number of methoxy groups -OCH3 is 2. The minimum atomic E-state index is -0.311. The van der Waals surface area contributed by atoms with Gasteiger partial charge in [-0.25, -0.2) is 0 Å². The molecule has 2 amide bonds. The molecule has 2 aromatic rings. The van der Waals surface area contributed by atoms with Crippen molar-refractivity contribution in [1.29, 1.82) is 0 Å². The van der Waals surface area contributed by atoms with Gasteiger partial charge in [0.25, 0.3) is 5.91 Å². The molecule has 0 radical (unpaired) electrons. The molecule has 2 aromatic carbocycles. The van der Waals surface area contributed by atoms with Gasteiger partial charge in [0.15, 0.2) is 0 Å². The van der Waals surface area contributed by atoms with Gasteiger partial charge in [0.2, 0.25) is 5.91 Å². The van der Waals surface area contributed by atoms with E-state index in [0.717, 1.165) is 16.9 Å². The number of benzene rings is 2. The van der Waals surface area contributed by atoms with E-state index in [0.29, 0.717) is 31.8 Å². The number of likely N-dealkylation sites (tertiary alicyclic amines) is 1. The van der Waals surface area contributed by atoms with E-state index < -0.39 is 0 Å². The molecule has 1 heterocycles. The Morgan fingerprint density at radius 2 is 1.72 bits per heavy atom. The zero-order chi connectivity index (χ0) is 20.8. The predicted molar refractivity (Wildman–Crippen MR) is 111 cm³/mol. The zero-order valence-corrected chi connectivity index (χ0v) is 17.2. The van der Waals surface area contributed by atoms with Crippen LogP contribution in [0.4, 0.5) is 0 Å². The third-order valence-electron chi connectivity index (χ3n) is 5.39. The first kappa shape index (κ1) is 20.9. The first-order valence-corrected chi connectivity index (χ1v) is 9.80. The van der Waals surface area contributed by atoms with Crippen LogP contribution in [-0.2, 0) is 9.53 Å². The molecule has 0 spiro atoms. The van der Waals surface area contributed by atoms with E-state index in [1.165, 1.54) is 0 Å². The molecule has 29 heavy (non-hydrogen) atoms. The highest BCUT2D eigenvalue weighted by Gasteiger charge is 2.40. The van der Waals surface area contributed by atoms with Crippen LogP contribution in [0.5, 0.6) is 5.75 Å². The summed E-state index contributed by atoms with van der Waals surface area (Å²) in [5, 5.41) is 2.93. The Hall–Kier alpha value is -2.86. The van der Waals surface area contributed by atoms with Gasteiger partial charge in [-0.05, 0) is 36.8 Å². The minimum Gasteiger partial charge on any atom is -0.497 e. The normalized spacial score (nSPS) is 18.5. The van der Waals surface area contributed by atoms with Crippen LogP contribution < -0.4 is 10.1 Å². The van der Waals surface area contributed by atoms with E-state index in [4.69, 9.17) is 9.47 Å². The van der Waals surface area contributed by atoms with E-state index in [-0.39, 0.29) is 23.7 Å². The Bertz CT molecular complexity index is 833. The van der Waals surface area contributed by atoms with Gasteiger partial charge in [-0.15, -0.1) is 0 Å². The van der Waals surface area contributed by atoms with Gasteiger partial charge < -0.3 is 19.7 Å². The number of rotatable bonds is 7. The zero-order valence-electron chi connectivity index (χ0n) is 17.2. The third-order valence-corrected chi connectivity index (χ3v) is 5.39. The molecule has 154 valence electrons. The fraction of sp³-hybridized carbons (Fsp3) is 0.391. The molecule has 6 heteroatoms. The Kier molecular flexibility index (Phi) is 6.88. The van der Waals surface area contributed by atoms with Gasteiger partial charge >= 0.3 is 0 Å². The summed E-state index contributed by atoms with van der Waals surface area (Å²) in [7, 11) is 3.22. The topological polar surface area (TPSA) is 67.9 Å². The van der Waals surface area contributed by atoms with Gasteiger partial charge in [-0.1, -0.05) is 29.8 Å². The highest BCUT2D eigenvalue weighted by Crippen LogP contribution is 2.34. The maximum Gasteiger partial charge on any atom is 0.253 e. The van der Waals surface area contributed by atoms with Crippen LogP contribution in [-0.4, -0.2) is 57.2 Å². The number of carbonyl (C=O) groups excluding carboxylic acids is 2. The van der Waals surface area contributed by atoms with E-state index >= 15 is 0 Å². The molecule has 1 fully saturated rings. The molecule has 3 rings (SSSR count). The summed E-state index contributed by atoms with van der Waals surface area (Å²) in [6.45, 7) is 3.79. The molecular weight excluding hydrogens is 368 g/mol. The molecule has 1 saturated heterocycles. The summed E-state index contributed by atoms with van der Waals surface area (Å²) in [6.07, 6.45) is 0. The van der Waals surface area contributed by atoms with Crippen LogP contribution in [0.1, 0.15) is 27.4 Å². The smallest absolute Gasteiger partial charge is 0.253 e. The van der Waals surface area contributed by atoms with Crippen molar-refractivity contribution >= 4 is 11.8 Å².